The highest BCUT2D eigenvalue weighted by molar-refractivity contribution is 5.89. The number of halogens is 1. The van der Waals surface area contributed by atoms with E-state index in [1.54, 1.807) is 13.2 Å². The molecule has 0 aromatic heterocycles. The van der Waals surface area contributed by atoms with Crippen molar-refractivity contribution in [3.63, 3.8) is 0 Å². The Hall–Kier alpha value is -1.82. The van der Waals surface area contributed by atoms with Crippen LogP contribution < -0.4 is 10.1 Å². The molecule has 1 N–H and O–H groups in total. The maximum Gasteiger partial charge on any atom is 0.322 e. The smallest absolute Gasteiger partial charge is 0.322 e. The number of hydrogen-bond donors (Lipinski definition) is 1. The summed E-state index contributed by atoms with van der Waals surface area (Å²) < 4.78 is 24.2. The summed E-state index contributed by atoms with van der Waals surface area (Å²) in [7, 11) is 1.56. The average Bonchev–Trinajstić information content (AvgIpc) is 3.05. The molecular weight excluding hydrogens is 311 g/mol. The van der Waals surface area contributed by atoms with E-state index in [4.69, 9.17) is 9.47 Å². The summed E-state index contributed by atoms with van der Waals surface area (Å²) in [5.74, 6) is 0.318. The number of nitrogens with zero attached hydrogens (tertiary/aromatic N) is 1. The molecule has 0 radical (unpaired) electrons. The van der Waals surface area contributed by atoms with E-state index in [-0.39, 0.29) is 18.4 Å². The molecule has 1 aromatic rings. The van der Waals surface area contributed by atoms with Crippen LogP contribution in [0.3, 0.4) is 0 Å². The molecule has 1 heterocycles. The number of nitrogens with one attached hydrogen (secondary N) is 1. The lowest BCUT2D eigenvalue weighted by molar-refractivity contribution is 0.138. The number of amides is 2. The molecule has 24 heavy (non-hydrogen) atoms. The zero-order valence-corrected chi connectivity index (χ0v) is 14.1. The van der Waals surface area contributed by atoms with Crippen LogP contribution in [0.4, 0.5) is 14.9 Å². The molecule has 2 amide bonds. The van der Waals surface area contributed by atoms with E-state index in [9.17, 15) is 9.18 Å². The quantitative estimate of drug-likeness (QED) is 0.835. The Morgan fingerprint density at radius 1 is 1.29 bits per heavy atom. The highest BCUT2D eigenvalue weighted by atomic mass is 19.1. The Morgan fingerprint density at radius 2 is 2.12 bits per heavy atom. The zero-order valence-electron chi connectivity index (χ0n) is 14.1. The van der Waals surface area contributed by atoms with Gasteiger partial charge in [-0.2, -0.15) is 0 Å². The Balaban J connectivity index is 1.60. The number of piperidine rings is 1. The van der Waals surface area contributed by atoms with Crippen molar-refractivity contribution in [1.82, 2.24) is 4.90 Å². The van der Waals surface area contributed by atoms with Gasteiger partial charge < -0.3 is 19.7 Å². The van der Waals surface area contributed by atoms with Crippen LogP contribution in [0.2, 0.25) is 0 Å². The normalized spacial score (nSPS) is 23.0. The van der Waals surface area contributed by atoms with Crippen molar-refractivity contribution in [3.05, 3.63) is 24.0 Å². The number of anilines is 1. The molecule has 0 bridgehead atoms. The highest BCUT2D eigenvalue weighted by Gasteiger charge is 2.37. The summed E-state index contributed by atoms with van der Waals surface area (Å²) in [6.45, 7) is 1.47. The van der Waals surface area contributed by atoms with Gasteiger partial charge in [0, 0.05) is 31.5 Å². The number of benzene rings is 1. The van der Waals surface area contributed by atoms with Crippen LogP contribution in [0.1, 0.15) is 32.1 Å². The van der Waals surface area contributed by atoms with Gasteiger partial charge in [-0.25, -0.2) is 9.18 Å². The van der Waals surface area contributed by atoms with E-state index < -0.39 is 5.82 Å². The van der Waals surface area contributed by atoms with Crippen molar-refractivity contribution in [2.45, 2.75) is 38.1 Å². The van der Waals surface area contributed by atoms with Crippen LogP contribution in [-0.4, -0.2) is 43.8 Å². The third-order valence-electron chi connectivity index (χ3n) is 4.98. The van der Waals surface area contributed by atoms with Crippen molar-refractivity contribution >= 4 is 11.7 Å². The molecule has 132 valence electrons. The fourth-order valence-electron chi connectivity index (χ4n) is 3.83. The van der Waals surface area contributed by atoms with E-state index in [0.29, 0.717) is 24.3 Å². The number of methoxy groups -OCH3 is 1. The first kappa shape index (κ1) is 17.0. The summed E-state index contributed by atoms with van der Waals surface area (Å²) in [5, 5.41) is 2.83. The largest absolute Gasteiger partial charge is 0.488 e. The number of rotatable bonds is 5. The van der Waals surface area contributed by atoms with E-state index >= 15 is 0 Å². The van der Waals surface area contributed by atoms with Gasteiger partial charge in [-0.3, -0.25) is 0 Å². The Labute approximate surface area is 142 Å². The molecule has 5 nitrogen and oxygen atoms in total. The molecule has 2 aliphatic rings. The van der Waals surface area contributed by atoms with Crippen molar-refractivity contribution in [2.75, 3.05) is 32.2 Å². The molecule has 1 aliphatic carbocycles. The number of likely N-dealkylation sites (tertiary alicyclic amines) is 1. The summed E-state index contributed by atoms with van der Waals surface area (Å²) in [4.78, 5) is 14.5. The number of fused-ring (bicyclic) bond motifs is 1. The standard InChI is InChI=1S/C18H25FN2O3/c1-23-10-11-24-17-8-7-14(12-15(17)19)20-18(22)21-9-3-5-13-4-2-6-16(13)21/h7-8,12-13,16H,2-6,9-11H2,1H3,(H,20,22)/t13-,16-/m0/s1. The van der Waals surface area contributed by atoms with Crippen molar-refractivity contribution in [3.8, 4) is 5.75 Å². The molecule has 1 saturated carbocycles. The number of urea groups is 1. The van der Waals surface area contributed by atoms with Gasteiger partial charge >= 0.3 is 6.03 Å². The third kappa shape index (κ3) is 3.80. The topological polar surface area (TPSA) is 50.8 Å². The van der Waals surface area contributed by atoms with Crippen molar-refractivity contribution in [1.29, 1.82) is 0 Å². The van der Waals surface area contributed by atoms with Gasteiger partial charge in [0.05, 0.1) is 6.61 Å². The van der Waals surface area contributed by atoms with Gasteiger partial charge in [0.1, 0.15) is 6.61 Å². The second-order valence-corrected chi connectivity index (χ2v) is 6.51. The van der Waals surface area contributed by atoms with Crippen LogP contribution in [0, 0.1) is 11.7 Å². The average molecular weight is 336 g/mol. The SMILES string of the molecule is COCCOc1ccc(NC(=O)N2CCC[C@@H]3CCC[C@@H]32)cc1F. The predicted octanol–water partition coefficient (Wildman–Crippen LogP) is 3.65. The summed E-state index contributed by atoms with van der Waals surface area (Å²) in [6, 6.07) is 4.73. The molecule has 0 unspecified atom stereocenters. The molecule has 2 fully saturated rings. The van der Waals surface area contributed by atoms with Gasteiger partial charge in [-0.05, 0) is 43.7 Å². The second kappa shape index (κ2) is 7.83. The Morgan fingerprint density at radius 3 is 2.92 bits per heavy atom. The van der Waals surface area contributed by atoms with Gasteiger partial charge in [-0.15, -0.1) is 0 Å². The van der Waals surface area contributed by atoms with Gasteiger partial charge in [-0.1, -0.05) is 6.42 Å². The summed E-state index contributed by atoms with van der Waals surface area (Å²) in [6.07, 6.45) is 5.77. The predicted molar refractivity (Wildman–Crippen MR) is 89.9 cm³/mol. The highest BCUT2D eigenvalue weighted by Crippen LogP contribution is 2.37. The van der Waals surface area contributed by atoms with Crippen LogP contribution >= 0.6 is 0 Å². The van der Waals surface area contributed by atoms with Crippen LogP contribution in [0.15, 0.2) is 18.2 Å². The lowest BCUT2D eigenvalue weighted by Gasteiger charge is -2.37. The fraction of sp³-hybridized carbons (Fsp3) is 0.611. The number of carbonyl (C=O) groups is 1. The molecule has 6 heteroatoms. The molecule has 3 rings (SSSR count). The molecular formula is C18H25FN2O3. The number of carbonyl (C=O) groups excluding carboxylic acids is 1. The Bertz CT molecular complexity index is 581. The van der Waals surface area contributed by atoms with Crippen molar-refractivity contribution in [2.24, 2.45) is 5.92 Å². The van der Waals surface area contributed by atoms with Gasteiger partial charge in [0.25, 0.3) is 0 Å². The zero-order chi connectivity index (χ0) is 16.9. The second-order valence-electron chi connectivity index (χ2n) is 6.51. The maximum absolute atomic E-state index is 14.1. The lowest BCUT2D eigenvalue weighted by atomic mass is 9.92. The fourth-order valence-corrected chi connectivity index (χ4v) is 3.83. The van der Waals surface area contributed by atoms with Crippen LogP contribution in [0.25, 0.3) is 0 Å². The van der Waals surface area contributed by atoms with Crippen molar-refractivity contribution < 1.29 is 18.7 Å². The monoisotopic (exact) mass is 336 g/mol. The molecule has 2 atom stereocenters. The van der Waals surface area contributed by atoms with Gasteiger partial charge in [0.2, 0.25) is 0 Å². The summed E-state index contributed by atoms with van der Waals surface area (Å²) >= 11 is 0. The first-order valence-corrected chi connectivity index (χ1v) is 8.68. The maximum atomic E-state index is 14.1. The van der Waals surface area contributed by atoms with Gasteiger partial charge in [0.15, 0.2) is 11.6 Å². The molecule has 1 aliphatic heterocycles. The minimum Gasteiger partial charge on any atom is -0.488 e. The van der Waals surface area contributed by atoms with E-state index in [1.807, 2.05) is 4.90 Å². The van der Waals surface area contributed by atoms with Crippen LogP contribution in [-0.2, 0) is 4.74 Å². The first-order valence-electron chi connectivity index (χ1n) is 8.68. The van der Waals surface area contributed by atoms with E-state index in [0.717, 1.165) is 19.4 Å². The minimum atomic E-state index is -0.485. The van der Waals surface area contributed by atoms with Crippen LogP contribution in [0.5, 0.6) is 5.75 Å². The van der Waals surface area contributed by atoms with E-state index in [2.05, 4.69) is 5.32 Å². The first-order chi connectivity index (χ1) is 11.7. The number of ether oxygens (including phenoxy) is 2. The summed E-state index contributed by atoms with van der Waals surface area (Å²) in [5.41, 5.74) is 0.455. The molecule has 1 aromatic carbocycles. The lowest BCUT2D eigenvalue weighted by Crippen LogP contribution is -2.48. The third-order valence-corrected chi connectivity index (χ3v) is 4.98. The Kier molecular flexibility index (Phi) is 5.56. The molecule has 0 spiro atoms. The number of hydrogen-bond acceptors (Lipinski definition) is 3. The van der Waals surface area contributed by atoms with E-state index in [1.165, 1.54) is 31.4 Å². The minimum absolute atomic E-state index is 0.126. The molecule has 1 saturated heterocycles.